The number of morpholine rings is 1. The van der Waals surface area contributed by atoms with Crippen LogP contribution in [0, 0.1) is 16.7 Å². The van der Waals surface area contributed by atoms with E-state index in [-0.39, 0.29) is 18.4 Å². The number of ether oxygens (including phenoxy) is 2. The highest BCUT2D eigenvalue weighted by Gasteiger charge is 2.45. The zero-order valence-electron chi connectivity index (χ0n) is 26.5. The van der Waals surface area contributed by atoms with E-state index in [4.69, 9.17) is 31.0 Å². The number of halogens is 2. The first-order chi connectivity index (χ1) is 22.8. The highest BCUT2D eigenvalue weighted by molar-refractivity contribution is 6.36. The summed E-state index contributed by atoms with van der Waals surface area (Å²) >= 11 is 6.72. The van der Waals surface area contributed by atoms with Crippen LogP contribution in [0.4, 0.5) is 15.9 Å². The molecule has 1 saturated carbocycles. The van der Waals surface area contributed by atoms with E-state index in [9.17, 15) is 14.4 Å². The molecule has 10 nitrogen and oxygen atoms in total. The van der Waals surface area contributed by atoms with Crippen molar-refractivity contribution in [2.75, 3.05) is 75.4 Å². The molecule has 0 bridgehead atoms. The van der Waals surface area contributed by atoms with Gasteiger partial charge in [-0.2, -0.15) is 15.2 Å². The Morgan fingerprint density at radius 1 is 1.11 bits per heavy atom. The number of rotatable bonds is 9. The zero-order chi connectivity index (χ0) is 32.5. The van der Waals surface area contributed by atoms with Gasteiger partial charge in [0.15, 0.2) is 5.83 Å². The lowest BCUT2D eigenvalue weighted by Gasteiger charge is -2.42. The minimum Gasteiger partial charge on any atom is -0.463 e. The van der Waals surface area contributed by atoms with Crippen LogP contribution in [0.1, 0.15) is 30.5 Å². The predicted molar refractivity (Wildman–Crippen MR) is 178 cm³/mol. The molecule has 1 aromatic heterocycles. The van der Waals surface area contributed by atoms with E-state index in [0.29, 0.717) is 43.7 Å². The third kappa shape index (κ3) is 6.59. The van der Waals surface area contributed by atoms with E-state index in [1.54, 1.807) is 0 Å². The molecule has 2 aromatic carbocycles. The van der Waals surface area contributed by atoms with Gasteiger partial charge in [-0.1, -0.05) is 42.4 Å². The number of carbonyl (C=O) groups is 1. The van der Waals surface area contributed by atoms with Gasteiger partial charge in [0.2, 0.25) is 0 Å². The number of aromatic nitrogens is 2. The molecule has 1 amide bonds. The number of carbonyl (C=O) groups excluding carboxylic acids is 1. The van der Waals surface area contributed by atoms with Crippen LogP contribution in [0.15, 0.2) is 48.8 Å². The van der Waals surface area contributed by atoms with Crippen LogP contribution in [0.2, 0.25) is 5.02 Å². The summed E-state index contributed by atoms with van der Waals surface area (Å²) < 4.78 is 25.9. The molecule has 3 fully saturated rings. The largest absolute Gasteiger partial charge is 0.463 e. The fraction of sp³-hybridized carbons (Fsp3) is 0.486. The van der Waals surface area contributed by atoms with Gasteiger partial charge in [-0.3, -0.25) is 9.69 Å². The molecule has 1 aliphatic carbocycles. The number of anilines is 2. The molecular formula is C35H39ClFN7O3. The first-order valence-electron chi connectivity index (χ1n) is 16.4. The predicted octanol–water partition coefficient (Wildman–Crippen LogP) is 4.75. The Balaban J connectivity index is 1.19. The normalized spacial score (nSPS) is 20.9. The summed E-state index contributed by atoms with van der Waals surface area (Å²) in [5.74, 6) is -1.03. The molecule has 246 valence electrons. The fourth-order valence-electron chi connectivity index (χ4n) is 7.19. The Kier molecular flexibility index (Phi) is 8.92. The van der Waals surface area contributed by atoms with E-state index < -0.39 is 17.8 Å². The number of piperazine rings is 1. The van der Waals surface area contributed by atoms with E-state index in [2.05, 4.69) is 51.6 Å². The summed E-state index contributed by atoms with van der Waals surface area (Å²) in [4.78, 5) is 30.9. The summed E-state index contributed by atoms with van der Waals surface area (Å²) in [7, 11) is 0. The van der Waals surface area contributed by atoms with Crippen molar-refractivity contribution in [1.82, 2.24) is 19.8 Å². The van der Waals surface area contributed by atoms with Gasteiger partial charge < -0.3 is 24.2 Å². The first kappa shape index (κ1) is 31.6. The van der Waals surface area contributed by atoms with Gasteiger partial charge in [0.1, 0.15) is 5.82 Å². The second-order valence-electron chi connectivity index (χ2n) is 13.1. The maximum Gasteiger partial charge on any atom is 0.318 e. The topological polar surface area (TPSA) is 98.1 Å². The number of hydrogen-bond donors (Lipinski definition) is 0. The lowest BCUT2D eigenvalue weighted by molar-refractivity contribution is -0.131. The number of amides is 1. The standard InChI is InChI=1S/C35H39ClFN7O3/c1-24(37)33(45)44-15-14-43(20-26(44)8-12-38)32-27-9-13-42(30-7-3-5-25-4-2-6-28(36)31(25)30)21-29(27)39-34(40-32)47-23-35(10-11-35)22-41-16-18-46-19-17-41/h2-7,26H,1,8-11,13-23H2/t26-/m0/s1. The molecule has 2 saturated heterocycles. The molecule has 4 heterocycles. The Morgan fingerprint density at radius 2 is 1.89 bits per heavy atom. The minimum atomic E-state index is -1.02. The van der Waals surface area contributed by atoms with Crippen LogP contribution in [0.25, 0.3) is 10.8 Å². The van der Waals surface area contributed by atoms with Crippen LogP contribution in [-0.2, 0) is 22.5 Å². The highest BCUT2D eigenvalue weighted by Crippen LogP contribution is 2.47. The maximum absolute atomic E-state index is 13.9. The van der Waals surface area contributed by atoms with Gasteiger partial charge >= 0.3 is 6.01 Å². The molecule has 3 aliphatic heterocycles. The summed E-state index contributed by atoms with van der Waals surface area (Å²) in [6.45, 7) is 10.4. The van der Waals surface area contributed by atoms with Crippen molar-refractivity contribution >= 4 is 39.8 Å². The van der Waals surface area contributed by atoms with Crippen molar-refractivity contribution in [1.29, 1.82) is 5.26 Å². The van der Waals surface area contributed by atoms with Crippen molar-refractivity contribution < 1.29 is 18.7 Å². The lowest BCUT2D eigenvalue weighted by atomic mass is 10.0. The van der Waals surface area contributed by atoms with E-state index >= 15 is 0 Å². The molecule has 12 heteroatoms. The van der Waals surface area contributed by atoms with Crippen LogP contribution in [0.3, 0.4) is 0 Å². The maximum atomic E-state index is 13.9. The Hall–Kier alpha value is -3.98. The number of nitrogens with zero attached hydrogens (tertiary/aromatic N) is 7. The molecule has 47 heavy (non-hydrogen) atoms. The molecule has 4 aliphatic rings. The Labute approximate surface area is 279 Å². The van der Waals surface area contributed by atoms with Crippen molar-refractivity contribution in [2.45, 2.75) is 38.3 Å². The monoisotopic (exact) mass is 659 g/mol. The van der Waals surface area contributed by atoms with Gasteiger partial charge in [-0.05, 0) is 36.8 Å². The summed E-state index contributed by atoms with van der Waals surface area (Å²) in [6.07, 6.45) is 2.97. The second-order valence-corrected chi connectivity index (χ2v) is 13.5. The van der Waals surface area contributed by atoms with Gasteiger partial charge in [0.05, 0.1) is 55.6 Å². The third-order valence-electron chi connectivity index (χ3n) is 9.92. The molecule has 0 N–H and O–H groups in total. The van der Waals surface area contributed by atoms with Crippen LogP contribution in [0.5, 0.6) is 6.01 Å². The molecule has 1 atom stereocenters. The molecule has 0 spiro atoms. The van der Waals surface area contributed by atoms with E-state index in [0.717, 1.165) is 85.8 Å². The SMILES string of the molecule is C=C(F)C(=O)N1CCN(c2nc(OCC3(CN4CCOCC4)CC3)nc3c2CCN(c2cccc4cccc(Cl)c24)C3)C[C@@H]1CC#N. The zero-order valence-corrected chi connectivity index (χ0v) is 27.2. The van der Waals surface area contributed by atoms with Gasteiger partial charge in [0.25, 0.3) is 5.91 Å². The molecule has 7 rings (SSSR count). The molecule has 0 unspecified atom stereocenters. The Morgan fingerprint density at radius 3 is 2.64 bits per heavy atom. The highest BCUT2D eigenvalue weighted by atomic mass is 35.5. The fourth-order valence-corrected chi connectivity index (χ4v) is 7.47. The third-order valence-corrected chi connectivity index (χ3v) is 10.2. The van der Waals surface area contributed by atoms with Gasteiger partial charge in [-0.15, -0.1) is 0 Å². The lowest BCUT2D eigenvalue weighted by Crippen LogP contribution is -2.55. The van der Waals surface area contributed by atoms with Crippen molar-refractivity contribution in [3.63, 3.8) is 0 Å². The van der Waals surface area contributed by atoms with E-state index in [1.165, 1.54) is 4.90 Å². The molecule has 3 aromatic rings. The van der Waals surface area contributed by atoms with Crippen LogP contribution < -0.4 is 14.5 Å². The van der Waals surface area contributed by atoms with Crippen LogP contribution in [-0.4, -0.2) is 97.4 Å². The number of benzene rings is 2. The second kappa shape index (κ2) is 13.3. The van der Waals surface area contributed by atoms with Crippen molar-refractivity contribution in [3.8, 4) is 12.1 Å². The number of fused-ring (bicyclic) bond motifs is 2. The van der Waals surface area contributed by atoms with Crippen molar-refractivity contribution in [2.24, 2.45) is 5.41 Å². The summed E-state index contributed by atoms with van der Waals surface area (Å²) in [5, 5.41) is 12.4. The summed E-state index contributed by atoms with van der Waals surface area (Å²) in [5.41, 5.74) is 3.04. The van der Waals surface area contributed by atoms with Gasteiger partial charge in [0, 0.05) is 67.9 Å². The quantitative estimate of drug-likeness (QED) is 0.302. The van der Waals surface area contributed by atoms with Crippen LogP contribution >= 0.6 is 11.6 Å². The van der Waals surface area contributed by atoms with Gasteiger partial charge in [-0.25, -0.2) is 4.39 Å². The van der Waals surface area contributed by atoms with E-state index in [1.807, 2.05) is 12.1 Å². The average Bonchev–Trinajstić information content (AvgIpc) is 3.86. The minimum absolute atomic E-state index is 0.0752. The smallest absolute Gasteiger partial charge is 0.318 e. The average molecular weight is 660 g/mol. The van der Waals surface area contributed by atoms with Crippen molar-refractivity contribution in [3.05, 3.63) is 65.1 Å². The number of nitriles is 1. The first-order valence-corrected chi connectivity index (χ1v) is 16.7. The Bertz CT molecular complexity index is 1720. The summed E-state index contributed by atoms with van der Waals surface area (Å²) in [6, 6.07) is 14.2. The molecular weight excluding hydrogens is 621 g/mol. The molecule has 0 radical (unpaired) electrons. The number of hydrogen-bond acceptors (Lipinski definition) is 9.